The molecule has 1 N–H and O–H groups in total. The molecule has 0 atom stereocenters. The van der Waals surface area contributed by atoms with Gasteiger partial charge in [0.1, 0.15) is 5.69 Å². The monoisotopic (exact) mass is 445 g/mol. The summed E-state index contributed by atoms with van der Waals surface area (Å²) in [5.41, 5.74) is -0.768. The summed E-state index contributed by atoms with van der Waals surface area (Å²) < 4.78 is 77.5. The van der Waals surface area contributed by atoms with Crippen molar-refractivity contribution in [3.8, 4) is 11.8 Å². The van der Waals surface area contributed by atoms with Crippen LogP contribution in [0, 0.1) is 5.82 Å². The minimum Gasteiger partial charge on any atom is -0.479 e. The van der Waals surface area contributed by atoms with Gasteiger partial charge in [0.2, 0.25) is 5.88 Å². The molecular weight excluding hydrogens is 427 g/mol. The average molecular weight is 445 g/mol. The van der Waals surface area contributed by atoms with E-state index in [4.69, 9.17) is 4.74 Å². The van der Waals surface area contributed by atoms with E-state index < -0.39 is 40.3 Å². The van der Waals surface area contributed by atoms with Crippen molar-refractivity contribution in [1.82, 2.24) is 9.55 Å². The Morgan fingerprint density at radius 2 is 1.97 bits per heavy atom. The number of hydrogen-bond donors (Lipinski definition) is 1. The van der Waals surface area contributed by atoms with Crippen LogP contribution >= 0.6 is 0 Å². The topological polar surface area (TPSA) is 99.5 Å². The van der Waals surface area contributed by atoms with E-state index in [2.05, 4.69) is 14.4 Å². The molecule has 2 aromatic heterocycles. The summed E-state index contributed by atoms with van der Waals surface area (Å²) >= 11 is 0. The lowest BCUT2D eigenvalue weighted by molar-refractivity contribution is 0.0770. The number of methoxy groups -OCH3 is 1. The molecule has 3 aromatic rings. The van der Waals surface area contributed by atoms with E-state index in [0.29, 0.717) is 6.07 Å². The van der Waals surface area contributed by atoms with E-state index >= 15 is 0 Å². The van der Waals surface area contributed by atoms with Gasteiger partial charge >= 0.3 is 0 Å². The smallest absolute Gasteiger partial charge is 0.272 e. The molecule has 0 bridgehead atoms. The molecule has 0 radical (unpaired) electrons. The summed E-state index contributed by atoms with van der Waals surface area (Å²) in [6.07, 6.45) is -1.44. The Labute approximate surface area is 170 Å². The predicted octanol–water partition coefficient (Wildman–Crippen LogP) is 2.77. The molecule has 162 valence electrons. The Morgan fingerprint density at radius 1 is 1.23 bits per heavy atom. The van der Waals surface area contributed by atoms with Crippen LogP contribution in [0.25, 0.3) is 10.8 Å². The van der Waals surface area contributed by atoms with E-state index in [1.54, 1.807) is 0 Å². The maximum absolute atomic E-state index is 14.2. The zero-order chi connectivity index (χ0) is 22.1. The fourth-order valence-corrected chi connectivity index (χ4v) is 3.98. The highest BCUT2D eigenvalue weighted by atomic mass is 32.2. The lowest BCUT2D eigenvalue weighted by Gasteiger charge is -2.14. The number of pyridine rings is 2. The molecule has 0 aliphatic rings. The number of aryl methyl sites for hydroxylation is 1. The van der Waals surface area contributed by atoms with Gasteiger partial charge in [-0.15, -0.1) is 0 Å². The third-order valence-corrected chi connectivity index (χ3v) is 5.49. The number of fused-ring (bicyclic) bond motifs is 1. The fourth-order valence-electron chi connectivity index (χ4n) is 2.71. The van der Waals surface area contributed by atoms with Crippen LogP contribution in [-0.4, -0.2) is 38.1 Å². The summed E-state index contributed by atoms with van der Waals surface area (Å²) in [4.78, 5) is 15.6. The van der Waals surface area contributed by atoms with Crippen LogP contribution in [0.4, 0.5) is 18.9 Å². The molecule has 3 rings (SSSR count). The van der Waals surface area contributed by atoms with Crippen LogP contribution in [0.15, 0.2) is 46.2 Å². The predicted molar refractivity (Wildman–Crippen MR) is 104 cm³/mol. The van der Waals surface area contributed by atoms with Gasteiger partial charge in [-0.3, -0.25) is 9.52 Å². The highest BCUT2D eigenvalue weighted by Crippen LogP contribution is 2.31. The summed E-state index contributed by atoms with van der Waals surface area (Å²) in [7, 11) is -1.64. The molecule has 30 heavy (non-hydrogen) atoms. The van der Waals surface area contributed by atoms with Crippen molar-refractivity contribution in [2.75, 3.05) is 18.4 Å². The molecule has 0 aliphatic heterocycles. The largest absolute Gasteiger partial charge is 0.479 e. The third kappa shape index (κ3) is 4.17. The molecular formula is C18H18F3N3O5S. The van der Waals surface area contributed by atoms with Gasteiger partial charge in [0, 0.05) is 31.5 Å². The lowest BCUT2D eigenvalue weighted by Crippen LogP contribution is -2.19. The van der Waals surface area contributed by atoms with E-state index in [-0.39, 0.29) is 28.7 Å². The fraction of sp³-hybridized carbons (Fsp3) is 0.222. The van der Waals surface area contributed by atoms with E-state index in [9.17, 15) is 26.4 Å². The second-order valence-corrected chi connectivity index (χ2v) is 7.74. The SMILES string of the molecule is COc1nc(OCC(F)F)c(F)cc1NS(=O)(=O)c1cccc2c(=O)n(C)ccc12.[HH]. The number of ether oxygens (including phenoxy) is 2. The summed E-state index contributed by atoms with van der Waals surface area (Å²) in [6, 6.07) is 6.32. The van der Waals surface area contributed by atoms with Gasteiger partial charge in [-0.25, -0.2) is 21.6 Å². The minimum atomic E-state index is -4.30. The number of anilines is 1. The van der Waals surface area contributed by atoms with Gasteiger partial charge in [0.15, 0.2) is 12.4 Å². The highest BCUT2D eigenvalue weighted by Gasteiger charge is 2.23. The van der Waals surface area contributed by atoms with Crippen LogP contribution in [0.2, 0.25) is 0 Å². The minimum absolute atomic E-state index is 0. The normalized spacial score (nSPS) is 11.7. The van der Waals surface area contributed by atoms with Crippen molar-refractivity contribution in [3.63, 3.8) is 0 Å². The van der Waals surface area contributed by atoms with Crippen molar-refractivity contribution in [1.29, 1.82) is 0 Å². The van der Waals surface area contributed by atoms with Gasteiger partial charge in [0.05, 0.1) is 12.0 Å². The number of nitrogens with one attached hydrogen (secondary N) is 1. The van der Waals surface area contributed by atoms with Crippen LogP contribution in [0.3, 0.4) is 0 Å². The van der Waals surface area contributed by atoms with Crippen molar-refractivity contribution in [2.45, 2.75) is 11.3 Å². The Kier molecular flexibility index (Phi) is 5.87. The van der Waals surface area contributed by atoms with Crippen molar-refractivity contribution in [2.24, 2.45) is 7.05 Å². The first-order valence-electron chi connectivity index (χ1n) is 8.40. The lowest BCUT2D eigenvalue weighted by atomic mass is 10.2. The molecule has 0 saturated heterocycles. The first-order valence-corrected chi connectivity index (χ1v) is 9.89. The molecule has 1 aromatic carbocycles. The van der Waals surface area contributed by atoms with Gasteiger partial charge in [-0.1, -0.05) is 6.07 Å². The van der Waals surface area contributed by atoms with Crippen molar-refractivity contribution < 1.29 is 32.5 Å². The van der Waals surface area contributed by atoms with Gasteiger partial charge in [-0.2, -0.15) is 4.98 Å². The zero-order valence-corrected chi connectivity index (χ0v) is 16.5. The van der Waals surface area contributed by atoms with Crippen LogP contribution in [0.5, 0.6) is 11.8 Å². The molecule has 0 saturated carbocycles. The second-order valence-electron chi connectivity index (χ2n) is 6.09. The number of alkyl halides is 2. The third-order valence-electron chi connectivity index (χ3n) is 4.06. The number of halogens is 3. The number of aromatic nitrogens is 2. The summed E-state index contributed by atoms with van der Waals surface area (Å²) in [5.74, 6) is -2.31. The molecule has 8 nitrogen and oxygen atoms in total. The first kappa shape index (κ1) is 21.4. The summed E-state index contributed by atoms with van der Waals surface area (Å²) in [5, 5.41) is 0.340. The van der Waals surface area contributed by atoms with E-state index in [1.807, 2.05) is 0 Å². The van der Waals surface area contributed by atoms with Gasteiger partial charge in [-0.05, 0) is 18.2 Å². The number of hydrogen-bond acceptors (Lipinski definition) is 6. The molecule has 0 unspecified atom stereocenters. The van der Waals surface area contributed by atoms with Crippen LogP contribution < -0.4 is 19.8 Å². The molecule has 12 heteroatoms. The molecule has 0 amide bonds. The number of nitrogens with zero attached hydrogens (tertiary/aromatic N) is 2. The number of sulfonamides is 1. The Bertz CT molecular complexity index is 1270. The zero-order valence-electron chi connectivity index (χ0n) is 15.7. The molecule has 0 aliphatic carbocycles. The van der Waals surface area contributed by atoms with Crippen molar-refractivity contribution >= 4 is 26.5 Å². The van der Waals surface area contributed by atoms with Crippen LogP contribution in [0.1, 0.15) is 1.43 Å². The second kappa shape index (κ2) is 8.22. The highest BCUT2D eigenvalue weighted by molar-refractivity contribution is 7.93. The average Bonchev–Trinajstić information content (AvgIpc) is 2.69. The standard InChI is InChI=1S/C18H16F3N3O5S.H2/c1-24-7-6-10-11(18(24)25)4-3-5-14(10)30(26,27)23-13-8-12(19)16(22-17(13)28-2)29-9-15(20)21;/h3-8,15,23H,9H2,1-2H3;1H. The quantitative estimate of drug-likeness (QED) is 0.601. The molecule has 2 heterocycles. The number of rotatable bonds is 7. The summed E-state index contributed by atoms with van der Waals surface area (Å²) in [6.45, 7) is -1.09. The van der Waals surface area contributed by atoms with Gasteiger partial charge < -0.3 is 14.0 Å². The van der Waals surface area contributed by atoms with Crippen molar-refractivity contribution in [3.05, 3.63) is 52.7 Å². The van der Waals surface area contributed by atoms with Crippen LogP contribution in [-0.2, 0) is 17.1 Å². The number of benzene rings is 1. The Hall–Kier alpha value is -3.28. The van der Waals surface area contributed by atoms with Gasteiger partial charge in [0.25, 0.3) is 27.9 Å². The first-order chi connectivity index (χ1) is 14.1. The molecule has 0 spiro atoms. The van der Waals surface area contributed by atoms with E-state index in [0.717, 1.165) is 7.11 Å². The maximum Gasteiger partial charge on any atom is 0.272 e. The van der Waals surface area contributed by atoms with E-state index in [1.165, 1.54) is 42.1 Å². The Morgan fingerprint density at radius 3 is 2.63 bits per heavy atom. The maximum atomic E-state index is 14.2. The molecule has 0 fully saturated rings. The Balaban J connectivity index is 0.00000341.